The van der Waals surface area contributed by atoms with Gasteiger partial charge in [0.15, 0.2) is 0 Å². The summed E-state index contributed by atoms with van der Waals surface area (Å²) in [6.45, 7) is 0.987. The molecule has 6 rings (SSSR count). The summed E-state index contributed by atoms with van der Waals surface area (Å²) in [6, 6.07) is 23.8. The third-order valence-electron chi connectivity index (χ3n) is 5.33. The van der Waals surface area contributed by atoms with Crippen LogP contribution in [-0.4, -0.2) is 21.5 Å². The molecule has 4 aromatic rings. The van der Waals surface area contributed by atoms with E-state index in [1.54, 1.807) is 0 Å². The van der Waals surface area contributed by atoms with Gasteiger partial charge in [-0.05, 0) is 36.8 Å². The van der Waals surface area contributed by atoms with E-state index in [4.69, 9.17) is 0 Å². The van der Waals surface area contributed by atoms with E-state index < -0.39 is 0 Å². The van der Waals surface area contributed by atoms with E-state index in [2.05, 4.69) is 74.5 Å². The predicted octanol–water partition coefficient (Wildman–Crippen LogP) is 5.03. The maximum absolute atomic E-state index is 4.50. The summed E-state index contributed by atoms with van der Waals surface area (Å²) < 4.78 is 2.10. The third-order valence-corrected chi connectivity index (χ3v) is 6.45. The highest BCUT2D eigenvalue weighted by Crippen LogP contribution is 2.53. The Hall–Kier alpha value is -2.79. The van der Waals surface area contributed by atoms with E-state index in [-0.39, 0.29) is 6.04 Å². The lowest BCUT2D eigenvalue weighted by atomic mass is 9.95. The lowest BCUT2D eigenvalue weighted by Crippen LogP contribution is -2.32. The Morgan fingerprint density at radius 3 is 2.73 bits per heavy atom. The number of hydrogen-bond donors (Lipinski definition) is 0. The number of benzene rings is 3. The van der Waals surface area contributed by atoms with Crippen LogP contribution in [0.15, 0.2) is 76.5 Å². The van der Waals surface area contributed by atoms with Gasteiger partial charge >= 0.3 is 0 Å². The van der Waals surface area contributed by atoms with Crippen molar-refractivity contribution < 1.29 is 0 Å². The first-order valence-corrected chi connectivity index (χ1v) is 9.69. The monoisotopic (exact) mass is 356 g/mol. The van der Waals surface area contributed by atoms with E-state index in [1.807, 2.05) is 23.9 Å². The van der Waals surface area contributed by atoms with Crippen LogP contribution in [0.4, 0.5) is 11.4 Å². The first-order chi connectivity index (χ1) is 12.9. The number of fused-ring (bicyclic) bond motifs is 3. The first kappa shape index (κ1) is 14.4. The Bertz CT molecular complexity index is 1150. The lowest BCUT2D eigenvalue weighted by Gasteiger charge is -2.40. The fourth-order valence-electron chi connectivity index (χ4n) is 4.20. The Labute approximate surface area is 155 Å². The summed E-state index contributed by atoms with van der Waals surface area (Å²) in [7, 11) is 0. The zero-order valence-corrected chi connectivity index (χ0v) is 14.9. The molecule has 0 saturated carbocycles. The van der Waals surface area contributed by atoms with Crippen LogP contribution >= 0.6 is 11.8 Å². The Balaban J connectivity index is 1.55. The molecular formula is C21H16N4S. The van der Waals surface area contributed by atoms with Gasteiger partial charge in [0, 0.05) is 21.9 Å². The molecule has 5 heteroatoms. The van der Waals surface area contributed by atoms with Crippen LogP contribution in [0.5, 0.6) is 0 Å². The van der Waals surface area contributed by atoms with Gasteiger partial charge < -0.3 is 4.90 Å². The van der Waals surface area contributed by atoms with Crippen molar-refractivity contribution in [3.8, 4) is 0 Å². The van der Waals surface area contributed by atoms with Crippen molar-refractivity contribution in [2.75, 3.05) is 11.4 Å². The lowest BCUT2D eigenvalue weighted by molar-refractivity contribution is 0.477. The second-order valence-electron chi connectivity index (χ2n) is 6.74. The van der Waals surface area contributed by atoms with Crippen LogP contribution in [0.1, 0.15) is 18.0 Å². The van der Waals surface area contributed by atoms with E-state index in [0.717, 1.165) is 24.0 Å². The van der Waals surface area contributed by atoms with Crippen molar-refractivity contribution in [2.24, 2.45) is 0 Å². The fourth-order valence-corrected chi connectivity index (χ4v) is 5.33. The molecule has 0 radical (unpaired) electrons. The zero-order valence-electron chi connectivity index (χ0n) is 14.0. The second-order valence-corrected chi connectivity index (χ2v) is 7.83. The molecule has 2 aliphatic heterocycles. The van der Waals surface area contributed by atoms with Gasteiger partial charge in [0.25, 0.3) is 0 Å². The highest BCUT2D eigenvalue weighted by Gasteiger charge is 2.34. The van der Waals surface area contributed by atoms with Gasteiger partial charge in [-0.15, -0.1) is 5.10 Å². The number of aromatic nitrogens is 3. The summed E-state index contributed by atoms with van der Waals surface area (Å²) in [6.07, 6.45) is 1.02. The quantitative estimate of drug-likeness (QED) is 0.479. The Kier molecular flexibility index (Phi) is 2.96. The highest BCUT2D eigenvalue weighted by atomic mass is 32.2. The molecule has 0 amide bonds. The van der Waals surface area contributed by atoms with Crippen LogP contribution < -0.4 is 4.90 Å². The van der Waals surface area contributed by atoms with Crippen molar-refractivity contribution in [2.45, 2.75) is 22.3 Å². The van der Waals surface area contributed by atoms with Gasteiger partial charge in [0.05, 0.1) is 22.9 Å². The SMILES string of the molecule is c1ccc2c(c1)Sc1cccc3c1N2CCC3n1nnc2ccccc21. The van der Waals surface area contributed by atoms with Crippen molar-refractivity contribution in [1.29, 1.82) is 0 Å². The van der Waals surface area contributed by atoms with E-state index in [1.165, 1.54) is 26.7 Å². The standard InChI is InChI=1S/C21H16N4S/c1-2-8-17-15(7-1)22-23-25(17)16-12-13-24-18-9-3-4-10-19(18)26-20-11-5-6-14(16)21(20)24/h1-11,16H,12-13H2. The third kappa shape index (κ3) is 1.92. The number of nitrogens with zero attached hydrogens (tertiary/aromatic N) is 4. The molecule has 1 unspecified atom stereocenters. The van der Waals surface area contributed by atoms with Crippen LogP contribution in [0.25, 0.3) is 11.0 Å². The summed E-state index contributed by atoms with van der Waals surface area (Å²) in [5.74, 6) is 0. The average molecular weight is 356 g/mol. The molecule has 1 atom stereocenters. The molecule has 0 saturated heterocycles. The van der Waals surface area contributed by atoms with Crippen molar-refractivity contribution >= 4 is 34.2 Å². The van der Waals surface area contributed by atoms with Gasteiger partial charge in [0.1, 0.15) is 5.52 Å². The number of para-hydroxylation sites is 3. The molecule has 3 heterocycles. The molecule has 0 fully saturated rings. The molecule has 0 N–H and O–H groups in total. The zero-order chi connectivity index (χ0) is 17.1. The van der Waals surface area contributed by atoms with E-state index in [0.29, 0.717) is 0 Å². The van der Waals surface area contributed by atoms with Gasteiger partial charge in [-0.3, -0.25) is 0 Å². The molecule has 0 aliphatic carbocycles. The van der Waals surface area contributed by atoms with Crippen molar-refractivity contribution in [3.05, 3.63) is 72.3 Å². The smallest absolute Gasteiger partial charge is 0.113 e. The van der Waals surface area contributed by atoms with Crippen LogP contribution in [0, 0.1) is 0 Å². The first-order valence-electron chi connectivity index (χ1n) is 8.87. The molecule has 1 aromatic heterocycles. The van der Waals surface area contributed by atoms with Gasteiger partial charge in [-0.1, -0.05) is 53.4 Å². The molecule has 4 nitrogen and oxygen atoms in total. The van der Waals surface area contributed by atoms with Gasteiger partial charge in [-0.25, -0.2) is 4.68 Å². The van der Waals surface area contributed by atoms with Crippen LogP contribution in [0.3, 0.4) is 0 Å². The van der Waals surface area contributed by atoms with Gasteiger partial charge in [-0.2, -0.15) is 0 Å². The molecule has 0 spiro atoms. The molecular weight excluding hydrogens is 340 g/mol. The summed E-state index contributed by atoms with van der Waals surface area (Å²) in [5.41, 5.74) is 6.06. The Morgan fingerprint density at radius 1 is 0.885 bits per heavy atom. The minimum atomic E-state index is 0.222. The predicted molar refractivity (Wildman–Crippen MR) is 104 cm³/mol. The minimum Gasteiger partial charge on any atom is -0.339 e. The van der Waals surface area contributed by atoms with E-state index >= 15 is 0 Å². The molecule has 0 bridgehead atoms. The highest BCUT2D eigenvalue weighted by molar-refractivity contribution is 7.99. The van der Waals surface area contributed by atoms with Gasteiger partial charge in [0.2, 0.25) is 0 Å². The molecule has 26 heavy (non-hydrogen) atoms. The summed E-state index contributed by atoms with van der Waals surface area (Å²) >= 11 is 1.87. The molecule has 126 valence electrons. The summed E-state index contributed by atoms with van der Waals surface area (Å²) in [4.78, 5) is 5.14. The molecule has 3 aromatic carbocycles. The fraction of sp³-hybridized carbons (Fsp3) is 0.143. The van der Waals surface area contributed by atoms with Crippen LogP contribution in [0.2, 0.25) is 0 Å². The van der Waals surface area contributed by atoms with Crippen LogP contribution in [-0.2, 0) is 0 Å². The maximum atomic E-state index is 4.50. The second kappa shape index (κ2) is 5.35. The molecule has 2 aliphatic rings. The Morgan fingerprint density at radius 2 is 1.73 bits per heavy atom. The normalized spacial score (nSPS) is 17.8. The average Bonchev–Trinajstić information content (AvgIpc) is 3.12. The largest absolute Gasteiger partial charge is 0.339 e. The minimum absolute atomic E-state index is 0.222. The van der Waals surface area contributed by atoms with Crippen molar-refractivity contribution in [3.63, 3.8) is 0 Å². The topological polar surface area (TPSA) is 34.0 Å². The number of hydrogen-bond acceptors (Lipinski definition) is 4. The maximum Gasteiger partial charge on any atom is 0.113 e. The number of rotatable bonds is 1. The summed E-state index contributed by atoms with van der Waals surface area (Å²) in [5, 5.41) is 8.87. The van der Waals surface area contributed by atoms with E-state index in [9.17, 15) is 0 Å². The van der Waals surface area contributed by atoms with Crippen molar-refractivity contribution in [1.82, 2.24) is 15.0 Å². The number of anilines is 2.